The number of benzene rings is 2. The number of thioether (sulfide) groups is 1. The topological polar surface area (TPSA) is 113 Å². The molecule has 2 aromatic carbocycles. The molecule has 0 unspecified atom stereocenters. The van der Waals surface area contributed by atoms with Crippen LogP contribution in [0.1, 0.15) is 55.0 Å². The number of aromatic carboxylic acids is 1. The van der Waals surface area contributed by atoms with Crippen LogP contribution in [-0.2, 0) is 23.0 Å². The Morgan fingerprint density at radius 1 is 1.11 bits per heavy atom. The molecule has 37 heavy (non-hydrogen) atoms. The first kappa shape index (κ1) is 28.7. The molecule has 1 heterocycles. The lowest BCUT2D eigenvalue weighted by Gasteiger charge is -2.14. The Labute approximate surface area is 227 Å². The first-order chi connectivity index (χ1) is 17.7. The molecule has 0 spiro atoms. The van der Waals surface area contributed by atoms with Crippen LogP contribution in [-0.4, -0.2) is 47.0 Å². The van der Waals surface area contributed by atoms with Crippen LogP contribution in [0.5, 0.6) is 0 Å². The molecule has 0 saturated carbocycles. The van der Waals surface area contributed by atoms with Gasteiger partial charge in [0.25, 0.3) is 10.0 Å². The van der Waals surface area contributed by atoms with E-state index < -0.39 is 16.0 Å². The van der Waals surface area contributed by atoms with Gasteiger partial charge in [0.2, 0.25) is 0 Å². The Hall–Kier alpha value is -2.89. The van der Waals surface area contributed by atoms with Crippen molar-refractivity contribution in [3.05, 3.63) is 65.6 Å². The lowest BCUT2D eigenvalue weighted by atomic mass is 10.0. The van der Waals surface area contributed by atoms with Gasteiger partial charge in [0.15, 0.2) is 10.8 Å². The van der Waals surface area contributed by atoms with Gasteiger partial charge in [0, 0.05) is 25.1 Å². The predicted octanol–water partition coefficient (Wildman–Crippen LogP) is 4.92. The van der Waals surface area contributed by atoms with E-state index in [1.165, 1.54) is 11.8 Å². The van der Waals surface area contributed by atoms with Gasteiger partial charge in [-0.1, -0.05) is 62.7 Å². The van der Waals surface area contributed by atoms with E-state index in [1.54, 1.807) is 28.8 Å². The number of carboxylic acid groups (broad SMARTS) is 1. The van der Waals surface area contributed by atoms with Crippen molar-refractivity contribution in [2.75, 3.05) is 12.8 Å². The minimum atomic E-state index is -3.89. The van der Waals surface area contributed by atoms with E-state index in [2.05, 4.69) is 21.9 Å². The van der Waals surface area contributed by atoms with E-state index in [-0.39, 0.29) is 15.7 Å². The molecular weight excluding hydrogens is 529 g/mol. The highest BCUT2D eigenvalue weighted by atomic mass is 32.2. The molecule has 1 aromatic heterocycles. The Bertz CT molecular complexity index is 1350. The van der Waals surface area contributed by atoms with Crippen LogP contribution in [0, 0.1) is 0 Å². The van der Waals surface area contributed by atoms with Gasteiger partial charge in [-0.15, -0.1) is 11.8 Å². The fourth-order valence-electron chi connectivity index (χ4n) is 3.88. The Morgan fingerprint density at radius 3 is 2.43 bits per heavy atom. The second-order valence-electron chi connectivity index (χ2n) is 8.44. The average molecular weight is 561 g/mol. The van der Waals surface area contributed by atoms with Crippen LogP contribution < -0.4 is 10.0 Å². The van der Waals surface area contributed by atoms with Crippen molar-refractivity contribution in [2.45, 2.75) is 56.0 Å². The summed E-state index contributed by atoms with van der Waals surface area (Å²) in [5.74, 6) is -0.253. The van der Waals surface area contributed by atoms with E-state index >= 15 is 0 Å². The summed E-state index contributed by atoms with van der Waals surface area (Å²) in [5.41, 5.74) is 2.34. The van der Waals surface area contributed by atoms with Crippen molar-refractivity contribution in [3.63, 3.8) is 0 Å². The lowest BCUT2D eigenvalue weighted by molar-refractivity contribution is 0.0681. The number of aromatic nitrogens is 2. The molecule has 0 aliphatic rings. The van der Waals surface area contributed by atoms with Gasteiger partial charge >= 0.3 is 5.97 Å². The number of nitrogens with one attached hydrogen (secondary N) is 2. The Balaban J connectivity index is 1.91. The van der Waals surface area contributed by atoms with Gasteiger partial charge in [-0.25, -0.2) is 18.2 Å². The molecule has 3 N–H and O–H groups in total. The maximum absolute atomic E-state index is 13.1. The van der Waals surface area contributed by atoms with Crippen LogP contribution in [0.25, 0.3) is 11.1 Å². The SMILES string of the molecule is CCCCc1nc(SC)c(C(=O)O)n1Cc1ccc(-c2ccccc2S(=O)(=O)NC(=S)NCCC)cc1. The number of unbranched alkanes of at least 4 members (excludes halogenated alkanes) is 1. The standard InChI is InChI=1S/C26H32N4O4S3/c1-4-6-11-22-28-24(36-3)23(25(31)32)30(22)17-18-12-14-19(15-13-18)20-9-7-8-10-21(20)37(33,34)29-26(35)27-16-5-2/h7-10,12-15H,4-6,11,16-17H2,1-3H3,(H,31,32)(H2,27,29,35). The summed E-state index contributed by atoms with van der Waals surface area (Å²) >= 11 is 6.46. The lowest BCUT2D eigenvalue weighted by Crippen LogP contribution is -2.39. The van der Waals surface area contributed by atoms with Crippen molar-refractivity contribution in [1.82, 2.24) is 19.6 Å². The fourth-order valence-corrected chi connectivity index (χ4v) is 6.06. The third-order valence-electron chi connectivity index (χ3n) is 5.71. The highest BCUT2D eigenvalue weighted by molar-refractivity contribution is 7.98. The number of rotatable bonds is 12. The number of thiocarbonyl (C=S) groups is 1. The predicted molar refractivity (Wildman–Crippen MR) is 152 cm³/mol. The fraction of sp³-hybridized carbons (Fsp3) is 0.346. The molecule has 3 aromatic rings. The number of imidazole rings is 1. The molecule has 0 aliphatic heterocycles. The van der Waals surface area contributed by atoms with Gasteiger partial charge in [-0.05, 0) is 48.5 Å². The second kappa shape index (κ2) is 13.1. The smallest absolute Gasteiger partial charge is 0.355 e. The minimum Gasteiger partial charge on any atom is -0.476 e. The quantitative estimate of drug-likeness (QED) is 0.211. The summed E-state index contributed by atoms with van der Waals surface area (Å²) in [6, 6.07) is 14.2. The molecule has 0 radical (unpaired) electrons. The molecule has 198 valence electrons. The number of hydrogen-bond acceptors (Lipinski definition) is 6. The third kappa shape index (κ3) is 7.12. The van der Waals surface area contributed by atoms with Crippen molar-refractivity contribution in [2.24, 2.45) is 0 Å². The first-order valence-electron chi connectivity index (χ1n) is 12.1. The largest absolute Gasteiger partial charge is 0.476 e. The van der Waals surface area contributed by atoms with Crippen LogP contribution in [0.4, 0.5) is 0 Å². The number of sulfonamides is 1. The second-order valence-corrected chi connectivity index (χ2v) is 11.3. The van der Waals surface area contributed by atoms with Crippen molar-refractivity contribution in [1.29, 1.82) is 0 Å². The molecule has 0 fully saturated rings. The number of carbonyl (C=O) groups is 1. The summed E-state index contributed by atoms with van der Waals surface area (Å²) in [4.78, 5) is 16.7. The van der Waals surface area contributed by atoms with E-state index in [4.69, 9.17) is 12.2 Å². The molecule has 8 nitrogen and oxygen atoms in total. The summed E-state index contributed by atoms with van der Waals surface area (Å²) in [6.07, 6.45) is 5.23. The van der Waals surface area contributed by atoms with Gasteiger partial charge in [-0.3, -0.25) is 4.72 Å². The van der Waals surface area contributed by atoms with E-state index in [9.17, 15) is 18.3 Å². The van der Waals surface area contributed by atoms with Gasteiger partial charge in [-0.2, -0.15) is 0 Å². The first-order valence-corrected chi connectivity index (χ1v) is 15.2. The van der Waals surface area contributed by atoms with Crippen molar-refractivity contribution in [3.8, 4) is 11.1 Å². The van der Waals surface area contributed by atoms with Gasteiger partial charge in [0.1, 0.15) is 10.9 Å². The normalized spacial score (nSPS) is 11.3. The number of nitrogens with zero attached hydrogens (tertiary/aromatic N) is 2. The zero-order valence-corrected chi connectivity index (χ0v) is 23.6. The minimum absolute atomic E-state index is 0.0602. The number of carboxylic acids is 1. The molecule has 3 rings (SSSR count). The zero-order chi connectivity index (χ0) is 27.0. The van der Waals surface area contributed by atoms with Crippen molar-refractivity contribution < 1.29 is 18.3 Å². The van der Waals surface area contributed by atoms with Crippen LogP contribution >= 0.6 is 24.0 Å². The molecule has 11 heteroatoms. The average Bonchev–Trinajstić information content (AvgIpc) is 3.23. The monoisotopic (exact) mass is 560 g/mol. The van der Waals surface area contributed by atoms with Crippen LogP contribution in [0.15, 0.2) is 58.5 Å². The molecule has 0 saturated heterocycles. The zero-order valence-electron chi connectivity index (χ0n) is 21.2. The van der Waals surface area contributed by atoms with E-state index in [0.29, 0.717) is 30.1 Å². The van der Waals surface area contributed by atoms with E-state index in [1.807, 2.05) is 37.4 Å². The summed E-state index contributed by atoms with van der Waals surface area (Å²) in [7, 11) is -3.89. The van der Waals surface area contributed by atoms with Crippen LogP contribution in [0.2, 0.25) is 0 Å². The molecule has 0 atom stereocenters. The van der Waals surface area contributed by atoms with Gasteiger partial charge < -0.3 is 15.0 Å². The Morgan fingerprint density at radius 2 is 1.81 bits per heavy atom. The third-order valence-corrected chi connectivity index (χ3v) is 8.16. The highest BCUT2D eigenvalue weighted by Crippen LogP contribution is 2.29. The summed E-state index contributed by atoms with van der Waals surface area (Å²) < 4.78 is 30.3. The number of aryl methyl sites for hydroxylation is 1. The Kier molecular flexibility index (Phi) is 10.1. The molecule has 0 aliphatic carbocycles. The maximum Gasteiger partial charge on any atom is 0.355 e. The van der Waals surface area contributed by atoms with Crippen molar-refractivity contribution >= 4 is 45.1 Å². The number of hydrogen-bond donors (Lipinski definition) is 3. The molecular formula is C26H32N4O4S3. The van der Waals surface area contributed by atoms with Gasteiger partial charge in [0.05, 0.1) is 4.90 Å². The van der Waals surface area contributed by atoms with E-state index in [0.717, 1.165) is 36.2 Å². The highest BCUT2D eigenvalue weighted by Gasteiger charge is 2.23. The summed E-state index contributed by atoms with van der Waals surface area (Å²) in [6.45, 7) is 4.98. The maximum atomic E-state index is 13.1. The molecule has 0 amide bonds. The van der Waals surface area contributed by atoms with Crippen LogP contribution in [0.3, 0.4) is 0 Å². The molecule has 0 bridgehead atoms. The summed E-state index contributed by atoms with van der Waals surface area (Å²) in [5, 5.41) is 13.3.